The topological polar surface area (TPSA) is 17.8 Å². The van der Waals surface area contributed by atoms with E-state index in [2.05, 4.69) is 39.0 Å². The summed E-state index contributed by atoms with van der Waals surface area (Å²) in [6.45, 7) is 10.3. The molecule has 0 aliphatic carbocycles. The van der Waals surface area contributed by atoms with Crippen molar-refractivity contribution in [1.82, 2.24) is 9.78 Å². The van der Waals surface area contributed by atoms with E-state index < -0.39 is 0 Å². The largest absolute Gasteiger partial charge is 0.276 e. The molecule has 0 radical (unpaired) electrons. The van der Waals surface area contributed by atoms with Gasteiger partial charge in [0.25, 0.3) is 0 Å². The maximum Gasteiger partial charge on any atom is 0.181 e. The lowest BCUT2D eigenvalue weighted by atomic mass is 9.43. The van der Waals surface area contributed by atoms with Gasteiger partial charge in [0.1, 0.15) is 0 Å². The molecule has 2 heterocycles. The lowest BCUT2D eigenvalue weighted by molar-refractivity contribution is 0.177. The number of hydrogen-bond donors (Lipinski definition) is 0. The van der Waals surface area contributed by atoms with Crippen LogP contribution in [0, 0.1) is 10.8 Å². The fraction of sp³-hybridized carbons (Fsp3) is 0.750. The lowest BCUT2D eigenvalue weighted by Gasteiger charge is -2.35. The van der Waals surface area contributed by atoms with Crippen molar-refractivity contribution in [2.75, 3.05) is 0 Å². The van der Waals surface area contributed by atoms with Crippen molar-refractivity contribution in [2.45, 2.75) is 40.3 Å². The molecule has 0 amide bonds. The van der Waals surface area contributed by atoms with Crippen LogP contribution >= 0.6 is 0 Å². The summed E-state index contributed by atoms with van der Waals surface area (Å²) >= 11 is 0. The summed E-state index contributed by atoms with van der Waals surface area (Å²) in [7, 11) is 1.99. The fourth-order valence-electron chi connectivity index (χ4n) is 2.74. The minimum absolute atomic E-state index is 0.438. The predicted octanol–water partition coefficient (Wildman–Crippen LogP) is 2.19. The Morgan fingerprint density at radius 1 is 1.20 bits per heavy atom. The van der Waals surface area contributed by atoms with E-state index in [0.717, 1.165) is 0 Å². The van der Waals surface area contributed by atoms with E-state index in [4.69, 9.17) is 0 Å². The highest BCUT2D eigenvalue weighted by Gasteiger charge is 2.48. The van der Waals surface area contributed by atoms with Crippen LogP contribution in [0.4, 0.5) is 0 Å². The van der Waals surface area contributed by atoms with Crippen LogP contribution in [0.1, 0.15) is 27.7 Å². The molecule has 2 rings (SSSR count). The maximum absolute atomic E-state index is 4.27. The van der Waals surface area contributed by atoms with Gasteiger partial charge in [0, 0.05) is 19.4 Å². The first-order valence-electron chi connectivity index (χ1n) is 5.80. The molecular formula is C12H21BN2. The van der Waals surface area contributed by atoms with Crippen molar-refractivity contribution in [3.8, 4) is 0 Å². The number of aromatic nitrogens is 2. The second kappa shape index (κ2) is 3.13. The summed E-state index contributed by atoms with van der Waals surface area (Å²) in [4.78, 5) is 0. The van der Waals surface area contributed by atoms with Crippen molar-refractivity contribution < 1.29 is 0 Å². The van der Waals surface area contributed by atoms with E-state index in [0.29, 0.717) is 17.5 Å². The second-order valence-electron chi connectivity index (χ2n) is 6.32. The van der Waals surface area contributed by atoms with Gasteiger partial charge in [-0.05, 0) is 16.3 Å². The Morgan fingerprint density at radius 2 is 1.73 bits per heavy atom. The van der Waals surface area contributed by atoms with Gasteiger partial charge in [0.2, 0.25) is 0 Å². The van der Waals surface area contributed by atoms with E-state index in [9.17, 15) is 0 Å². The first-order valence-corrected chi connectivity index (χ1v) is 5.80. The molecule has 1 aliphatic heterocycles. The summed E-state index contributed by atoms with van der Waals surface area (Å²) < 4.78 is 1.91. The van der Waals surface area contributed by atoms with Gasteiger partial charge in [-0.1, -0.05) is 40.3 Å². The third kappa shape index (κ3) is 1.73. The molecule has 0 atom stereocenters. The Hall–Kier alpha value is -0.725. The van der Waals surface area contributed by atoms with Crippen LogP contribution in [0.2, 0.25) is 12.6 Å². The zero-order chi connectivity index (χ0) is 11.3. The van der Waals surface area contributed by atoms with Crippen LogP contribution in [0.5, 0.6) is 0 Å². The molecule has 0 spiro atoms. The van der Waals surface area contributed by atoms with Gasteiger partial charge < -0.3 is 0 Å². The molecule has 1 aromatic rings. The SMILES string of the molecule is Cn1cc(B2CC(C)(C)C(C)(C)C2)cn1. The minimum atomic E-state index is 0.438. The zero-order valence-electron chi connectivity index (χ0n) is 10.5. The Morgan fingerprint density at radius 3 is 2.13 bits per heavy atom. The molecule has 0 unspecified atom stereocenters. The van der Waals surface area contributed by atoms with Crippen molar-refractivity contribution in [3.63, 3.8) is 0 Å². The Labute approximate surface area is 93.1 Å². The molecular weight excluding hydrogens is 183 g/mol. The fourth-order valence-corrected chi connectivity index (χ4v) is 2.74. The first kappa shape index (κ1) is 10.8. The van der Waals surface area contributed by atoms with E-state index in [1.807, 2.05) is 17.9 Å². The van der Waals surface area contributed by atoms with Crippen molar-refractivity contribution >= 4 is 12.2 Å². The zero-order valence-corrected chi connectivity index (χ0v) is 10.5. The first-order chi connectivity index (χ1) is 6.82. The molecule has 1 aliphatic rings. The number of rotatable bonds is 1. The van der Waals surface area contributed by atoms with Gasteiger partial charge in [0.15, 0.2) is 6.71 Å². The molecule has 3 heteroatoms. The average molecular weight is 204 g/mol. The molecule has 1 saturated heterocycles. The van der Waals surface area contributed by atoms with Crippen LogP contribution in [0.15, 0.2) is 12.4 Å². The van der Waals surface area contributed by atoms with Crippen molar-refractivity contribution in [1.29, 1.82) is 0 Å². The summed E-state index contributed by atoms with van der Waals surface area (Å²) in [5.74, 6) is 0. The van der Waals surface area contributed by atoms with E-state index >= 15 is 0 Å². The van der Waals surface area contributed by atoms with Gasteiger partial charge in [-0.2, -0.15) is 5.10 Å². The average Bonchev–Trinajstić information content (AvgIpc) is 2.56. The standard InChI is InChI=1S/C12H21BN2/c1-11(2)8-13(9-12(11,3)4)10-6-14-15(5)7-10/h6-7H,8-9H2,1-5H3. The monoisotopic (exact) mass is 204 g/mol. The molecule has 15 heavy (non-hydrogen) atoms. The van der Waals surface area contributed by atoms with E-state index in [1.54, 1.807) is 0 Å². The molecule has 82 valence electrons. The van der Waals surface area contributed by atoms with Gasteiger partial charge in [-0.25, -0.2) is 0 Å². The second-order valence-corrected chi connectivity index (χ2v) is 6.32. The normalized spacial score (nSPS) is 23.4. The van der Waals surface area contributed by atoms with E-state index in [-0.39, 0.29) is 0 Å². The van der Waals surface area contributed by atoms with Crippen LogP contribution < -0.4 is 5.46 Å². The van der Waals surface area contributed by atoms with Gasteiger partial charge in [-0.15, -0.1) is 0 Å². The van der Waals surface area contributed by atoms with Gasteiger partial charge in [0.05, 0.1) is 0 Å². The summed E-state index contributed by atoms with van der Waals surface area (Å²) in [6, 6.07) is 0. The highest BCUT2D eigenvalue weighted by molar-refractivity contribution is 6.74. The molecule has 0 N–H and O–H groups in total. The minimum Gasteiger partial charge on any atom is -0.276 e. The maximum atomic E-state index is 4.27. The highest BCUT2D eigenvalue weighted by atomic mass is 15.2. The van der Waals surface area contributed by atoms with Gasteiger partial charge in [-0.3, -0.25) is 4.68 Å². The van der Waals surface area contributed by atoms with Crippen molar-refractivity contribution in [2.24, 2.45) is 17.9 Å². The third-order valence-corrected chi connectivity index (χ3v) is 4.54. The predicted molar refractivity (Wildman–Crippen MR) is 65.8 cm³/mol. The quantitative estimate of drug-likeness (QED) is 0.641. The highest BCUT2D eigenvalue weighted by Crippen LogP contribution is 2.52. The number of nitrogens with zero attached hydrogens (tertiary/aromatic N) is 2. The van der Waals surface area contributed by atoms with E-state index in [1.165, 1.54) is 18.1 Å². The molecule has 1 fully saturated rings. The molecule has 0 saturated carbocycles. The van der Waals surface area contributed by atoms with Crippen molar-refractivity contribution in [3.05, 3.63) is 12.4 Å². The van der Waals surface area contributed by atoms with Crippen LogP contribution in [0.3, 0.4) is 0 Å². The third-order valence-electron chi connectivity index (χ3n) is 4.54. The van der Waals surface area contributed by atoms with Crippen LogP contribution in [0.25, 0.3) is 0 Å². The molecule has 0 bridgehead atoms. The smallest absolute Gasteiger partial charge is 0.181 e. The molecule has 0 aromatic carbocycles. The Bertz CT molecular complexity index is 349. The lowest BCUT2D eigenvalue weighted by Crippen LogP contribution is -2.26. The van der Waals surface area contributed by atoms with Gasteiger partial charge >= 0.3 is 0 Å². The Kier molecular flexibility index (Phi) is 2.25. The Balaban J connectivity index is 2.23. The summed E-state index contributed by atoms with van der Waals surface area (Å²) in [5, 5.41) is 4.27. The van der Waals surface area contributed by atoms with Crippen LogP contribution in [-0.2, 0) is 7.05 Å². The number of hydrogen-bond acceptors (Lipinski definition) is 1. The summed E-state index contributed by atoms with van der Waals surface area (Å²) in [5.41, 5.74) is 2.29. The summed E-state index contributed by atoms with van der Waals surface area (Å²) in [6.07, 6.45) is 6.77. The van der Waals surface area contributed by atoms with Crippen LogP contribution in [-0.4, -0.2) is 16.5 Å². The molecule has 1 aromatic heterocycles. The number of aryl methyl sites for hydroxylation is 1. The molecule has 2 nitrogen and oxygen atoms in total.